The van der Waals surface area contributed by atoms with E-state index in [0.717, 1.165) is 34.1 Å². The van der Waals surface area contributed by atoms with Crippen LogP contribution in [0.3, 0.4) is 0 Å². The van der Waals surface area contributed by atoms with E-state index in [2.05, 4.69) is 212 Å². The number of hydrogen-bond donors (Lipinski definition) is 0. The molecule has 0 fully saturated rings. The van der Waals surface area contributed by atoms with Crippen LogP contribution in [0.5, 0.6) is 0 Å². The zero-order valence-corrected chi connectivity index (χ0v) is 30.4. The van der Waals surface area contributed by atoms with Gasteiger partial charge in [-0.15, -0.1) is 0 Å². The molecule has 0 aliphatic carbocycles. The lowest BCUT2D eigenvalue weighted by molar-refractivity contribution is 0.670. The molecule has 1 aromatic heterocycles. The second kappa shape index (κ2) is 14.1. The molecule has 1 atom stereocenters. The highest BCUT2D eigenvalue weighted by molar-refractivity contribution is 6.23. The zero-order valence-electron chi connectivity index (χ0n) is 30.4. The van der Waals surface area contributed by atoms with Crippen molar-refractivity contribution in [1.82, 2.24) is 0 Å². The predicted molar refractivity (Wildman–Crippen MR) is 231 cm³/mol. The van der Waals surface area contributed by atoms with Crippen LogP contribution in [0.1, 0.15) is 22.6 Å². The molecule has 1 heterocycles. The molecule has 9 aromatic carbocycles. The number of rotatable bonds is 8. The Morgan fingerprint density at radius 3 is 1.49 bits per heavy atom. The van der Waals surface area contributed by atoms with Crippen LogP contribution in [0.15, 0.2) is 217 Å². The van der Waals surface area contributed by atoms with Crippen molar-refractivity contribution in [3.63, 3.8) is 0 Å². The fourth-order valence-electron chi connectivity index (χ4n) is 8.39. The number of furan rings is 1. The van der Waals surface area contributed by atoms with E-state index in [1.165, 1.54) is 66.2 Å². The van der Waals surface area contributed by atoms with Gasteiger partial charge in [-0.05, 0) is 85.0 Å². The standard InChI is InChI=1S/C54H38O/c1-5-16-38(17-6-1)44-32-37(33-45(35-44)39-18-7-2-8-19-39)34-50(40-20-9-3-10-21-40)43-30-28-42(29-31-43)46-26-15-27-49-53-48-25-14-13-24-47(48)51(36-52(53)55-54(46)49)41-22-11-4-12-23-41/h1-33,35-36,50H,34H2. The third-order valence-electron chi connectivity index (χ3n) is 11.1. The van der Waals surface area contributed by atoms with Crippen molar-refractivity contribution in [2.45, 2.75) is 12.3 Å². The third-order valence-corrected chi connectivity index (χ3v) is 11.1. The highest BCUT2D eigenvalue weighted by Crippen LogP contribution is 2.43. The minimum atomic E-state index is 0.176. The van der Waals surface area contributed by atoms with E-state index in [1.54, 1.807) is 0 Å². The van der Waals surface area contributed by atoms with E-state index >= 15 is 0 Å². The molecule has 1 unspecified atom stereocenters. The van der Waals surface area contributed by atoms with Gasteiger partial charge in [-0.1, -0.05) is 200 Å². The molecular formula is C54H38O. The molecular weight excluding hydrogens is 665 g/mol. The SMILES string of the molecule is c1ccc(-c2cc(CC(c3ccccc3)c3ccc(-c4cccc5c4oc4cc(-c6ccccc6)c6ccccc6c45)cc3)cc(-c3ccccc3)c2)cc1. The molecule has 0 spiro atoms. The fourth-order valence-corrected chi connectivity index (χ4v) is 8.39. The first-order chi connectivity index (χ1) is 27.3. The van der Waals surface area contributed by atoms with Crippen molar-refractivity contribution in [2.75, 3.05) is 0 Å². The Balaban J connectivity index is 1.06. The average molecular weight is 703 g/mol. The molecule has 0 saturated carbocycles. The molecule has 0 amide bonds. The molecule has 1 nitrogen and oxygen atoms in total. The molecule has 10 rings (SSSR count). The largest absolute Gasteiger partial charge is 0.455 e. The van der Waals surface area contributed by atoms with Crippen molar-refractivity contribution in [3.8, 4) is 44.5 Å². The van der Waals surface area contributed by atoms with Crippen molar-refractivity contribution < 1.29 is 4.42 Å². The highest BCUT2D eigenvalue weighted by Gasteiger charge is 2.20. The second-order valence-electron chi connectivity index (χ2n) is 14.4. The fraction of sp³-hybridized carbons (Fsp3) is 0.0370. The lowest BCUT2D eigenvalue weighted by Crippen LogP contribution is -2.06. The monoisotopic (exact) mass is 702 g/mol. The number of fused-ring (bicyclic) bond motifs is 5. The number of benzene rings is 9. The summed E-state index contributed by atoms with van der Waals surface area (Å²) in [5, 5.41) is 4.75. The van der Waals surface area contributed by atoms with Crippen LogP contribution in [-0.2, 0) is 6.42 Å². The maximum atomic E-state index is 6.83. The first-order valence-electron chi connectivity index (χ1n) is 19.1. The van der Waals surface area contributed by atoms with Crippen LogP contribution in [0.4, 0.5) is 0 Å². The van der Waals surface area contributed by atoms with Crippen LogP contribution in [-0.4, -0.2) is 0 Å². The van der Waals surface area contributed by atoms with Crippen LogP contribution < -0.4 is 0 Å². The van der Waals surface area contributed by atoms with Gasteiger partial charge in [-0.25, -0.2) is 0 Å². The molecule has 1 heteroatoms. The van der Waals surface area contributed by atoms with E-state index in [9.17, 15) is 0 Å². The molecule has 0 saturated heterocycles. The van der Waals surface area contributed by atoms with Crippen LogP contribution in [0.2, 0.25) is 0 Å². The Labute approximate surface area is 321 Å². The van der Waals surface area contributed by atoms with Crippen molar-refractivity contribution in [3.05, 3.63) is 229 Å². The quantitative estimate of drug-likeness (QED) is 0.154. The van der Waals surface area contributed by atoms with Gasteiger partial charge in [-0.3, -0.25) is 0 Å². The Morgan fingerprint density at radius 2 is 0.855 bits per heavy atom. The summed E-state index contributed by atoms with van der Waals surface area (Å²) in [5.41, 5.74) is 15.3. The van der Waals surface area contributed by atoms with Crippen molar-refractivity contribution in [2.24, 2.45) is 0 Å². The molecule has 55 heavy (non-hydrogen) atoms. The van der Waals surface area contributed by atoms with Gasteiger partial charge < -0.3 is 4.42 Å². The molecule has 260 valence electrons. The van der Waals surface area contributed by atoms with E-state index in [-0.39, 0.29) is 5.92 Å². The summed E-state index contributed by atoms with van der Waals surface area (Å²) in [6.45, 7) is 0. The first kappa shape index (κ1) is 32.7. The Kier molecular flexibility index (Phi) is 8.39. The van der Waals surface area contributed by atoms with Gasteiger partial charge in [0.05, 0.1) is 0 Å². The lowest BCUT2D eigenvalue weighted by atomic mass is 9.84. The van der Waals surface area contributed by atoms with E-state index < -0.39 is 0 Å². The number of hydrogen-bond acceptors (Lipinski definition) is 1. The smallest absolute Gasteiger partial charge is 0.143 e. The lowest BCUT2D eigenvalue weighted by Gasteiger charge is -2.20. The Bertz CT molecular complexity index is 2850. The summed E-state index contributed by atoms with van der Waals surface area (Å²) in [7, 11) is 0. The molecule has 10 aromatic rings. The van der Waals surface area contributed by atoms with Crippen molar-refractivity contribution >= 4 is 32.7 Å². The van der Waals surface area contributed by atoms with Gasteiger partial charge in [0.25, 0.3) is 0 Å². The summed E-state index contributed by atoms with van der Waals surface area (Å²) in [5.74, 6) is 0.176. The summed E-state index contributed by atoms with van der Waals surface area (Å²) in [6.07, 6.45) is 0.875. The Morgan fingerprint density at radius 1 is 0.345 bits per heavy atom. The molecule has 0 N–H and O–H groups in total. The number of para-hydroxylation sites is 1. The predicted octanol–water partition coefficient (Wildman–Crippen LogP) is 14.8. The minimum Gasteiger partial charge on any atom is -0.455 e. The van der Waals surface area contributed by atoms with Crippen LogP contribution in [0, 0.1) is 0 Å². The topological polar surface area (TPSA) is 13.1 Å². The van der Waals surface area contributed by atoms with Crippen molar-refractivity contribution in [1.29, 1.82) is 0 Å². The summed E-state index contributed by atoms with van der Waals surface area (Å²) in [4.78, 5) is 0. The Hall–Kier alpha value is -6.96. The van der Waals surface area contributed by atoms with Crippen LogP contribution >= 0.6 is 0 Å². The first-order valence-corrected chi connectivity index (χ1v) is 19.1. The summed E-state index contributed by atoms with van der Waals surface area (Å²) >= 11 is 0. The van der Waals surface area contributed by atoms with E-state index in [1.807, 2.05) is 0 Å². The third kappa shape index (κ3) is 6.20. The molecule has 0 bridgehead atoms. The molecule has 0 aliphatic heterocycles. The maximum Gasteiger partial charge on any atom is 0.143 e. The van der Waals surface area contributed by atoms with Crippen LogP contribution in [0.25, 0.3) is 77.2 Å². The van der Waals surface area contributed by atoms with Gasteiger partial charge in [0.15, 0.2) is 0 Å². The maximum absolute atomic E-state index is 6.83. The van der Waals surface area contributed by atoms with Gasteiger partial charge in [0, 0.05) is 22.3 Å². The van der Waals surface area contributed by atoms with E-state index in [4.69, 9.17) is 4.42 Å². The second-order valence-corrected chi connectivity index (χ2v) is 14.4. The molecule has 0 radical (unpaired) electrons. The van der Waals surface area contributed by atoms with Gasteiger partial charge in [0.2, 0.25) is 0 Å². The molecule has 0 aliphatic rings. The average Bonchev–Trinajstić information content (AvgIpc) is 3.66. The zero-order chi connectivity index (χ0) is 36.6. The van der Waals surface area contributed by atoms with E-state index in [0.29, 0.717) is 0 Å². The van der Waals surface area contributed by atoms with Gasteiger partial charge in [0.1, 0.15) is 11.2 Å². The summed E-state index contributed by atoms with van der Waals surface area (Å²) < 4.78 is 6.83. The van der Waals surface area contributed by atoms with Gasteiger partial charge >= 0.3 is 0 Å². The minimum absolute atomic E-state index is 0.176. The normalized spacial score (nSPS) is 12.0. The van der Waals surface area contributed by atoms with Gasteiger partial charge in [-0.2, -0.15) is 0 Å². The highest BCUT2D eigenvalue weighted by atomic mass is 16.3. The summed E-state index contributed by atoms with van der Waals surface area (Å²) in [6, 6.07) is 76.7.